The Balaban J connectivity index is 1.16. The summed E-state index contributed by atoms with van der Waals surface area (Å²) in [5.41, 5.74) is 6.98. The Morgan fingerprint density at radius 2 is 1.78 bits per heavy atom. The number of pyridine rings is 1. The first kappa shape index (κ1) is 19.1. The fourth-order valence-corrected chi connectivity index (χ4v) is 4.97. The van der Waals surface area contributed by atoms with Crippen molar-refractivity contribution >= 4 is 11.7 Å². The van der Waals surface area contributed by atoms with Crippen molar-refractivity contribution in [3.63, 3.8) is 0 Å². The van der Waals surface area contributed by atoms with E-state index in [0.29, 0.717) is 19.7 Å². The van der Waals surface area contributed by atoms with Crippen LogP contribution in [0.4, 0.5) is 4.79 Å². The van der Waals surface area contributed by atoms with Gasteiger partial charge in [-0.3, -0.25) is 0 Å². The fourth-order valence-electron chi connectivity index (χ4n) is 4.97. The summed E-state index contributed by atoms with van der Waals surface area (Å²) in [5, 5.41) is 3.52. The van der Waals surface area contributed by atoms with Gasteiger partial charge in [0.15, 0.2) is 0 Å². The zero-order valence-corrected chi connectivity index (χ0v) is 17.6. The van der Waals surface area contributed by atoms with E-state index in [1.165, 1.54) is 22.3 Å². The van der Waals surface area contributed by atoms with Crippen molar-refractivity contribution in [3.8, 4) is 11.1 Å². The summed E-state index contributed by atoms with van der Waals surface area (Å²) >= 11 is 0. The average molecular weight is 425 g/mol. The standard InChI is InChI=1S/C26H24N4O2/c31-26(30-14-11-27-24(16-30)18-9-10-25-28-12-13-29(25)15-18)32-17-23-21-7-3-1-5-19(21)20-6-2-4-8-22(20)23/h1-10,12-13,15,23-24,27H,11,14,16-17H2. The van der Waals surface area contributed by atoms with Crippen LogP contribution in [-0.4, -0.2) is 46.6 Å². The third kappa shape index (κ3) is 3.24. The Hall–Kier alpha value is -3.64. The largest absolute Gasteiger partial charge is 0.448 e. The lowest BCUT2D eigenvalue weighted by Crippen LogP contribution is -2.48. The minimum Gasteiger partial charge on any atom is -0.448 e. The maximum absolute atomic E-state index is 13.0. The van der Waals surface area contributed by atoms with E-state index in [0.717, 1.165) is 17.8 Å². The van der Waals surface area contributed by atoms with E-state index in [4.69, 9.17) is 4.74 Å². The predicted molar refractivity (Wildman–Crippen MR) is 123 cm³/mol. The third-order valence-electron chi connectivity index (χ3n) is 6.58. The normalized spacial score (nSPS) is 17.9. The number of fused-ring (bicyclic) bond motifs is 4. The summed E-state index contributed by atoms with van der Waals surface area (Å²) in [6.45, 7) is 2.30. The van der Waals surface area contributed by atoms with Gasteiger partial charge in [0.1, 0.15) is 12.3 Å². The van der Waals surface area contributed by atoms with Gasteiger partial charge in [0.25, 0.3) is 0 Å². The van der Waals surface area contributed by atoms with Crippen molar-refractivity contribution in [2.45, 2.75) is 12.0 Å². The molecule has 160 valence electrons. The average Bonchev–Trinajstić information content (AvgIpc) is 3.45. The minimum absolute atomic E-state index is 0.0658. The number of hydrogen-bond donors (Lipinski definition) is 1. The second-order valence-corrected chi connectivity index (χ2v) is 8.41. The maximum atomic E-state index is 13.0. The molecular formula is C26H24N4O2. The number of carbonyl (C=O) groups is 1. The lowest BCUT2D eigenvalue weighted by atomic mass is 9.98. The van der Waals surface area contributed by atoms with Crippen molar-refractivity contribution in [1.82, 2.24) is 19.6 Å². The first-order valence-corrected chi connectivity index (χ1v) is 11.0. The summed E-state index contributed by atoms with van der Waals surface area (Å²) in [5.74, 6) is 0.0775. The van der Waals surface area contributed by atoms with Gasteiger partial charge in [-0.1, -0.05) is 54.6 Å². The second-order valence-electron chi connectivity index (χ2n) is 8.41. The van der Waals surface area contributed by atoms with Crippen molar-refractivity contribution in [1.29, 1.82) is 0 Å². The highest BCUT2D eigenvalue weighted by atomic mass is 16.6. The number of benzene rings is 2. The number of ether oxygens (including phenoxy) is 1. The van der Waals surface area contributed by atoms with Crippen molar-refractivity contribution in [2.75, 3.05) is 26.2 Å². The number of amides is 1. The van der Waals surface area contributed by atoms with E-state index in [9.17, 15) is 4.79 Å². The van der Waals surface area contributed by atoms with E-state index < -0.39 is 0 Å². The quantitative estimate of drug-likeness (QED) is 0.535. The maximum Gasteiger partial charge on any atom is 0.409 e. The van der Waals surface area contributed by atoms with Gasteiger partial charge in [0.2, 0.25) is 0 Å². The summed E-state index contributed by atoms with van der Waals surface area (Å²) < 4.78 is 7.87. The molecule has 2 aliphatic rings. The molecule has 1 aliphatic heterocycles. The second kappa shape index (κ2) is 7.80. The Morgan fingerprint density at radius 3 is 2.56 bits per heavy atom. The summed E-state index contributed by atoms with van der Waals surface area (Å²) in [6.07, 6.45) is 5.55. The van der Waals surface area contributed by atoms with Crippen LogP contribution in [-0.2, 0) is 4.74 Å². The third-order valence-corrected chi connectivity index (χ3v) is 6.58. The van der Waals surface area contributed by atoms with Crippen molar-refractivity contribution in [2.24, 2.45) is 0 Å². The van der Waals surface area contributed by atoms with Gasteiger partial charge in [-0.05, 0) is 33.9 Å². The van der Waals surface area contributed by atoms with Gasteiger partial charge < -0.3 is 19.4 Å². The number of imidazole rings is 1. The molecule has 0 radical (unpaired) electrons. The van der Waals surface area contributed by atoms with Crippen LogP contribution in [0.1, 0.15) is 28.7 Å². The number of aromatic nitrogens is 2. The molecule has 3 heterocycles. The Morgan fingerprint density at radius 1 is 1.03 bits per heavy atom. The SMILES string of the molecule is O=C(OCC1c2ccccc2-c2ccccc21)N1CCNC(c2ccc3nccn3c2)C1. The van der Waals surface area contributed by atoms with Crippen LogP contribution in [0.15, 0.2) is 79.3 Å². The highest BCUT2D eigenvalue weighted by Crippen LogP contribution is 2.44. The van der Waals surface area contributed by atoms with E-state index in [1.807, 2.05) is 21.6 Å². The van der Waals surface area contributed by atoms with E-state index in [2.05, 4.69) is 71.1 Å². The molecule has 0 spiro atoms. The summed E-state index contributed by atoms with van der Waals surface area (Å²) in [6, 6.07) is 20.9. The van der Waals surface area contributed by atoms with Crippen LogP contribution < -0.4 is 5.32 Å². The smallest absolute Gasteiger partial charge is 0.409 e. The molecule has 2 aromatic carbocycles. The summed E-state index contributed by atoms with van der Waals surface area (Å²) in [4.78, 5) is 19.1. The first-order chi connectivity index (χ1) is 15.8. The molecule has 6 nitrogen and oxygen atoms in total. The molecule has 6 rings (SSSR count). The Kier molecular flexibility index (Phi) is 4.65. The number of carbonyl (C=O) groups excluding carboxylic acids is 1. The molecule has 1 unspecified atom stereocenters. The molecule has 6 heteroatoms. The van der Waals surface area contributed by atoms with Gasteiger partial charge in [-0.15, -0.1) is 0 Å². The highest BCUT2D eigenvalue weighted by Gasteiger charge is 2.31. The van der Waals surface area contributed by atoms with Crippen LogP contribution in [0, 0.1) is 0 Å². The van der Waals surface area contributed by atoms with Crippen LogP contribution in [0.25, 0.3) is 16.8 Å². The summed E-state index contributed by atoms with van der Waals surface area (Å²) in [7, 11) is 0. The van der Waals surface area contributed by atoms with Crippen molar-refractivity contribution < 1.29 is 9.53 Å². The van der Waals surface area contributed by atoms with Gasteiger partial charge in [-0.2, -0.15) is 0 Å². The predicted octanol–water partition coefficient (Wildman–Crippen LogP) is 4.23. The van der Waals surface area contributed by atoms with E-state index in [-0.39, 0.29) is 18.1 Å². The molecule has 1 N–H and O–H groups in total. The molecule has 0 bridgehead atoms. The molecule has 1 saturated heterocycles. The number of nitrogens with zero attached hydrogens (tertiary/aromatic N) is 3. The molecule has 1 amide bonds. The van der Waals surface area contributed by atoms with E-state index in [1.54, 1.807) is 6.20 Å². The molecule has 1 fully saturated rings. The molecule has 1 atom stereocenters. The van der Waals surface area contributed by atoms with Crippen LogP contribution in [0.5, 0.6) is 0 Å². The Bertz CT molecular complexity index is 1250. The molecule has 32 heavy (non-hydrogen) atoms. The molecular weight excluding hydrogens is 400 g/mol. The van der Waals surface area contributed by atoms with Crippen LogP contribution >= 0.6 is 0 Å². The lowest BCUT2D eigenvalue weighted by molar-refractivity contribution is 0.0882. The topological polar surface area (TPSA) is 58.9 Å². The zero-order valence-electron chi connectivity index (χ0n) is 17.6. The fraction of sp³-hybridized carbons (Fsp3) is 0.231. The van der Waals surface area contributed by atoms with Crippen LogP contribution in [0.3, 0.4) is 0 Å². The van der Waals surface area contributed by atoms with Gasteiger partial charge in [-0.25, -0.2) is 9.78 Å². The van der Waals surface area contributed by atoms with Gasteiger partial charge >= 0.3 is 6.09 Å². The number of hydrogen-bond acceptors (Lipinski definition) is 4. The first-order valence-electron chi connectivity index (χ1n) is 11.0. The number of nitrogens with one attached hydrogen (secondary N) is 1. The molecule has 4 aromatic rings. The van der Waals surface area contributed by atoms with Crippen LogP contribution in [0.2, 0.25) is 0 Å². The van der Waals surface area contributed by atoms with E-state index >= 15 is 0 Å². The number of rotatable bonds is 3. The molecule has 1 aliphatic carbocycles. The minimum atomic E-state index is -0.248. The van der Waals surface area contributed by atoms with Gasteiger partial charge in [0.05, 0.1) is 6.04 Å². The monoisotopic (exact) mass is 424 g/mol. The highest BCUT2D eigenvalue weighted by molar-refractivity contribution is 5.79. The lowest BCUT2D eigenvalue weighted by Gasteiger charge is -2.33. The molecule has 2 aromatic heterocycles. The zero-order chi connectivity index (χ0) is 21.5. The van der Waals surface area contributed by atoms with Crippen molar-refractivity contribution in [3.05, 3.63) is 95.9 Å². The number of piperazine rings is 1. The van der Waals surface area contributed by atoms with Gasteiger partial charge in [0, 0.05) is 44.1 Å². The molecule has 0 saturated carbocycles. The Labute approximate surface area is 186 Å².